The summed E-state index contributed by atoms with van der Waals surface area (Å²) in [6.45, 7) is 1.62. The molecular weight excluding hydrogens is 404 g/mol. The van der Waals surface area contributed by atoms with E-state index in [2.05, 4.69) is 45.5 Å². The van der Waals surface area contributed by atoms with Gasteiger partial charge in [-0.15, -0.1) is 0 Å². The quantitative estimate of drug-likeness (QED) is 0.754. The predicted octanol–water partition coefficient (Wildman–Crippen LogP) is 4.05. The molecule has 1 heterocycles. The van der Waals surface area contributed by atoms with Crippen molar-refractivity contribution in [2.24, 2.45) is 5.92 Å². The standard InChI is InChI=1S/C22H25BrN2O2/c23-20-8-4-7-19(15-20)22(27)24-16-21(26)25-13-11-18(12-14-25)10-9-17-5-2-1-3-6-17/h1-8,15,18H,9-14,16H2,(H,24,27). The molecule has 1 saturated heterocycles. The monoisotopic (exact) mass is 428 g/mol. The summed E-state index contributed by atoms with van der Waals surface area (Å²) in [7, 11) is 0. The number of nitrogens with zero attached hydrogens (tertiary/aromatic N) is 1. The molecule has 0 aliphatic carbocycles. The fourth-order valence-corrected chi connectivity index (χ4v) is 3.89. The van der Waals surface area contributed by atoms with Crippen LogP contribution in [-0.4, -0.2) is 36.3 Å². The van der Waals surface area contributed by atoms with Crippen LogP contribution >= 0.6 is 15.9 Å². The SMILES string of the molecule is O=C(NCC(=O)N1CCC(CCc2ccccc2)CC1)c1cccc(Br)c1. The summed E-state index contributed by atoms with van der Waals surface area (Å²) in [6, 6.07) is 17.7. The molecule has 142 valence electrons. The fourth-order valence-electron chi connectivity index (χ4n) is 3.49. The van der Waals surface area contributed by atoms with Gasteiger partial charge in [0.15, 0.2) is 0 Å². The Balaban J connectivity index is 1.38. The first-order valence-electron chi connectivity index (χ1n) is 9.47. The molecule has 27 heavy (non-hydrogen) atoms. The minimum atomic E-state index is -0.220. The van der Waals surface area contributed by atoms with E-state index in [1.807, 2.05) is 17.0 Å². The van der Waals surface area contributed by atoms with Crippen molar-refractivity contribution in [2.75, 3.05) is 19.6 Å². The summed E-state index contributed by atoms with van der Waals surface area (Å²) in [5.74, 6) is 0.452. The van der Waals surface area contributed by atoms with Gasteiger partial charge in [-0.2, -0.15) is 0 Å². The summed E-state index contributed by atoms with van der Waals surface area (Å²) in [5, 5.41) is 2.73. The van der Waals surface area contributed by atoms with Gasteiger partial charge < -0.3 is 10.2 Å². The highest BCUT2D eigenvalue weighted by Gasteiger charge is 2.22. The van der Waals surface area contributed by atoms with E-state index < -0.39 is 0 Å². The first-order valence-corrected chi connectivity index (χ1v) is 10.3. The van der Waals surface area contributed by atoms with Gasteiger partial charge in [-0.1, -0.05) is 52.3 Å². The maximum absolute atomic E-state index is 12.4. The Morgan fingerprint density at radius 1 is 1.04 bits per heavy atom. The van der Waals surface area contributed by atoms with E-state index in [1.54, 1.807) is 18.2 Å². The van der Waals surface area contributed by atoms with E-state index in [1.165, 1.54) is 12.0 Å². The van der Waals surface area contributed by atoms with Gasteiger partial charge in [0.2, 0.25) is 5.91 Å². The molecule has 5 heteroatoms. The third-order valence-electron chi connectivity index (χ3n) is 5.14. The zero-order chi connectivity index (χ0) is 19.1. The Morgan fingerprint density at radius 3 is 2.48 bits per heavy atom. The lowest BCUT2D eigenvalue weighted by Gasteiger charge is -2.32. The first-order chi connectivity index (χ1) is 13.1. The number of carbonyl (C=O) groups excluding carboxylic acids is 2. The van der Waals surface area contributed by atoms with Gasteiger partial charge in [-0.25, -0.2) is 0 Å². The molecule has 2 aromatic carbocycles. The number of aryl methyl sites for hydroxylation is 1. The third kappa shape index (κ3) is 5.93. The second-order valence-corrected chi connectivity index (χ2v) is 7.96. The number of benzene rings is 2. The van der Waals surface area contributed by atoms with Crippen molar-refractivity contribution >= 4 is 27.7 Å². The lowest BCUT2D eigenvalue weighted by atomic mass is 9.90. The maximum Gasteiger partial charge on any atom is 0.251 e. The fraction of sp³-hybridized carbons (Fsp3) is 0.364. The van der Waals surface area contributed by atoms with Crippen LogP contribution in [0, 0.1) is 5.92 Å². The molecule has 1 aliphatic rings. The zero-order valence-corrected chi connectivity index (χ0v) is 17.0. The van der Waals surface area contributed by atoms with Gasteiger partial charge in [-0.05, 0) is 55.4 Å². The van der Waals surface area contributed by atoms with Crippen LogP contribution in [0.15, 0.2) is 59.1 Å². The Morgan fingerprint density at radius 2 is 1.78 bits per heavy atom. The summed E-state index contributed by atoms with van der Waals surface area (Å²) in [5.41, 5.74) is 1.93. The number of nitrogens with one attached hydrogen (secondary N) is 1. The van der Waals surface area contributed by atoms with Crippen molar-refractivity contribution < 1.29 is 9.59 Å². The predicted molar refractivity (Wildman–Crippen MR) is 111 cm³/mol. The van der Waals surface area contributed by atoms with Gasteiger partial charge in [-0.3, -0.25) is 9.59 Å². The van der Waals surface area contributed by atoms with E-state index in [-0.39, 0.29) is 18.4 Å². The maximum atomic E-state index is 12.4. The Bertz CT molecular complexity index is 771. The van der Waals surface area contributed by atoms with Gasteiger partial charge in [0.1, 0.15) is 0 Å². The number of likely N-dealkylation sites (tertiary alicyclic amines) is 1. The second kappa shape index (κ2) is 9.70. The topological polar surface area (TPSA) is 49.4 Å². The second-order valence-electron chi connectivity index (χ2n) is 7.04. The number of piperidine rings is 1. The van der Waals surface area contributed by atoms with Crippen LogP contribution in [0.1, 0.15) is 35.2 Å². The molecule has 0 spiro atoms. The van der Waals surface area contributed by atoms with E-state index in [0.29, 0.717) is 11.5 Å². The Kier molecular flexibility index (Phi) is 7.04. The number of carbonyl (C=O) groups is 2. The van der Waals surface area contributed by atoms with Crippen LogP contribution in [0.2, 0.25) is 0 Å². The van der Waals surface area contributed by atoms with Crippen molar-refractivity contribution in [3.63, 3.8) is 0 Å². The van der Waals surface area contributed by atoms with E-state index in [4.69, 9.17) is 0 Å². The molecule has 0 atom stereocenters. The number of hydrogen-bond acceptors (Lipinski definition) is 2. The molecule has 2 aromatic rings. The van der Waals surface area contributed by atoms with Crippen LogP contribution in [0.5, 0.6) is 0 Å². The highest BCUT2D eigenvalue weighted by Crippen LogP contribution is 2.22. The first kappa shape index (κ1) is 19.6. The molecule has 0 bridgehead atoms. The number of amides is 2. The minimum absolute atomic E-state index is 0.000133. The van der Waals surface area contributed by atoms with E-state index in [0.717, 1.165) is 36.8 Å². The van der Waals surface area contributed by atoms with Crippen molar-refractivity contribution in [1.29, 1.82) is 0 Å². The molecule has 0 radical (unpaired) electrons. The molecule has 3 rings (SSSR count). The van der Waals surface area contributed by atoms with Crippen LogP contribution in [0.4, 0.5) is 0 Å². The summed E-state index contributed by atoms with van der Waals surface area (Å²) < 4.78 is 0.846. The molecule has 4 nitrogen and oxygen atoms in total. The summed E-state index contributed by atoms with van der Waals surface area (Å²) in [6.07, 6.45) is 4.35. The van der Waals surface area contributed by atoms with Crippen molar-refractivity contribution in [3.05, 3.63) is 70.2 Å². The summed E-state index contributed by atoms with van der Waals surface area (Å²) >= 11 is 3.35. The number of halogens is 1. The average Bonchev–Trinajstić information content (AvgIpc) is 2.71. The molecule has 2 amide bonds. The van der Waals surface area contributed by atoms with Crippen LogP contribution in [-0.2, 0) is 11.2 Å². The summed E-state index contributed by atoms with van der Waals surface area (Å²) in [4.78, 5) is 26.4. The number of hydrogen-bond donors (Lipinski definition) is 1. The molecule has 0 saturated carbocycles. The van der Waals surface area contributed by atoms with Crippen molar-refractivity contribution in [3.8, 4) is 0 Å². The van der Waals surface area contributed by atoms with E-state index >= 15 is 0 Å². The molecule has 1 fully saturated rings. The molecule has 0 aromatic heterocycles. The zero-order valence-electron chi connectivity index (χ0n) is 15.4. The number of rotatable bonds is 6. The highest BCUT2D eigenvalue weighted by atomic mass is 79.9. The van der Waals surface area contributed by atoms with Gasteiger partial charge >= 0.3 is 0 Å². The van der Waals surface area contributed by atoms with Gasteiger partial charge in [0.05, 0.1) is 6.54 Å². The van der Waals surface area contributed by atoms with Crippen LogP contribution < -0.4 is 5.32 Å². The Labute approximate surface area is 169 Å². The minimum Gasteiger partial charge on any atom is -0.343 e. The Hall–Kier alpha value is -2.14. The third-order valence-corrected chi connectivity index (χ3v) is 5.63. The van der Waals surface area contributed by atoms with Crippen molar-refractivity contribution in [1.82, 2.24) is 10.2 Å². The lowest BCUT2D eigenvalue weighted by Crippen LogP contribution is -2.44. The van der Waals surface area contributed by atoms with Crippen LogP contribution in [0.25, 0.3) is 0 Å². The normalized spacial score (nSPS) is 14.8. The van der Waals surface area contributed by atoms with Gasteiger partial charge in [0, 0.05) is 23.1 Å². The molecule has 0 unspecified atom stereocenters. The van der Waals surface area contributed by atoms with Gasteiger partial charge in [0.25, 0.3) is 5.91 Å². The smallest absolute Gasteiger partial charge is 0.251 e. The van der Waals surface area contributed by atoms with Crippen molar-refractivity contribution in [2.45, 2.75) is 25.7 Å². The lowest BCUT2D eigenvalue weighted by molar-refractivity contribution is -0.131. The average molecular weight is 429 g/mol. The molecular formula is C22H25BrN2O2. The highest BCUT2D eigenvalue weighted by molar-refractivity contribution is 9.10. The molecule has 1 aliphatic heterocycles. The largest absolute Gasteiger partial charge is 0.343 e. The van der Waals surface area contributed by atoms with Crippen LogP contribution in [0.3, 0.4) is 0 Å². The van der Waals surface area contributed by atoms with E-state index in [9.17, 15) is 9.59 Å². The molecule has 1 N–H and O–H groups in total.